The molecule has 0 aliphatic heterocycles. The molecule has 1 atom stereocenters. The number of amides is 2. The van der Waals surface area contributed by atoms with Gasteiger partial charge < -0.3 is 10.2 Å². The van der Waals surface area contributed by atoms with E-state index in [0.717, 1.165) is 46.7 Å². The highest BCUT2D eigenvalue weighted by Crippen LogP contribution is 2.27. The number of hydrogen-bond acceptors (Lipinski definition) is 4. The second-order valence-corrected chi connectivity index (χ2v) is 13.7. The number of sulfonamides is 1. The maximum atomic E-state index is 14.1. The van der Waals surface area contributed by atoms with Crippen molar-refractivity contribution in [2.75, 3.05) is 10.8 Å². The molecule has 0 heterocycles. The zero-order valence-electron chi connectivity index (χ0n) is 24.7. The average Bonchev–Trinajstić information content (AvgIpc) is 3.48. The van der Waals surface area contributed by atoms with Crippen LogP contribution in [-0.2, 0) is 26.2 Å². The Morgan fingerprint density at radius 3 is 2.07 bits per heavy atom. The van der Waals surface area contributed by atoms with Crippen LogP contribution in [0.5, 0.6) is 0 Å². The molecule has 2 amide bonds. The topological polar surface area (TPSA) is 86.8 Å². The van der Waals surface area contributed by atoms with Gasteiger partial charge in [-0.2, -0.15) is 0 Å². The third-order valence-electron chi connectivity index (χ3n) is 7.87. The summed E-state index contributed by atoms with van der Waals surface area (Å²) in [4.78, 5) is 29.0. The third kappa shape index (κ3) is 7.72. The number of carbonyl (C=O) groups is 2. The van der Waals surface area contributed by atoms with E-state index in [1.807, 2.05) is 19.1 Å². The number of nitrogens with one attached hydrogen (secondary N) is 1. The number of halogens is 1. The molecule has 1 fully saturated rings. The monoisotopic (exact) mass is 609 g/mol. The zero-order chi connectivity index (χ0) is 30.4. The van der Waals surface area contributed by atoms with Crippen molar-refractivity contribution < 1.29 is 18.0 Å². The minimum atomic E-state index is -4.11. The molecule has 42 heavy (non-hydrogen) atoms. The summed E-state index contributed by atoms with van der Waals surface area (Å²) < 4.78 is 29.2. The molecule has 1 aliphatic carbocycles. The van der Waals surface area contributed by atoms with Crippen molar-refractivity contribution in [1.82, 2.24) is 10.2 Å². The highest BCUT2D eigenvalue weighted by atomic mass is 35.5. The van der Waals surface area contributed by atoms with E-state index in [0.29, 0.717) is 10.7 Å². The molecule has 0 radical (unpaired) electrons. The second-order valence-electron chi connectivity index (χ2n) is 11.4. The van der Waals surface area contributed by atoms with Crippen molar-refractivity contribution in [2.45, 2.75) is 82.8 Å². The largest absolute Gasteiger partial charge is 0.352 e. The van der Waals surface area contributed by atoms with Crippen LogP contribution in [0.4, 0.5) is 5.69 Å². The molecule has 3 aromatic carbocycles. The minimum Gasteiger partial charge on any atom is -0.352 e. The fraction of sp³-hybridized carbons (Fsp3) is 0.394. The van der Waals surface area contributed by atoms with Crippen molar-refractivity contribution in [3.8, 4) is 0 Å². The van der Waals surface area contributed by atoms with Crippen molar-refractivity contribution >= 4 is 39.1 Å². The van der Waals surface area contributed by atoms with E-state index in [1.54, 1.807) is 67.6 Å². The fourth-order valence-electron chi connectivity index (χ4n) is 5.15. The van der Waals surface area contributed by atoms with Gasteiger partial charge in [0.2, 0.25) is 11.8 Å². The van der Waals surface area contributed by atoms with Crippen LogP contribution < -0.4 is 9.62 Å². The van der Waals surface area contributed by atoms with Crippen LogP contribution in [0.1, 0.15) is 69.1 Å². The Hall–Kier alpha value is -3.36. The van der Waals surface area contributed by atoms with Crippen LogP contribution in [0.3, 0.4) is 0 Å². The van der Waals surface area contributed by atoms with Crippen LogP contribution >= 0.6 is 11.6 Å². The van der Waals surface area contributed by atoms with E-state index < -0.39 is 28.5 Å². The first-order valence-electron chi connectivity index (χ1n) is 14.5. The van der Waals surface area contributed by atoms with E-state index in [9.17, 15) is 18.0 Å². The number of anilines is 1. The van der Waals surface area contributed by atoms with Crippen LogP contribution in [0.25, 0.3) is 0 Å². The lowest BCUT2D eigenvalue weighted by Gasteiger charge is -2.32. The first-order chi connectivity index (χ1) is 20.0. The molecule has 3 aromatic rings. The fourth-order valence-corrected chi connectivity index (χ4v) is 6.69. The minimum absolute atomic E-state index is 0.0881. The van der Waals surface area contributed by atoms with Gasteiger partial charge in [0.05, 0.1) is 10.6 Å². The standard InChI is InChI=1S/C33H40ClN3O4S/c1-23(2)27-13-17-30(18-14-27)37(42(40,41)31-19-9-24(3)10-20-31)22-32(38)36(21-26-11-15-28(34)16-12-26)25(4)33(39)35-29-7-5-6-8-29/h9-20,23,25,29H,5-8,21-22H2,1-4H3,(H,35,39). The van der Waals surface area contributed by atoms with Crippen molar-refractivity contribution in [3.63, 3.8) is 0 Å². The molecule has 9 heteroatoms. The number of aryl methyl sites for hydroxylation is 1. The van der Waals surface area contributed by atoms with Gasteiger partial charge in [-0.25, -0.2) is 8.42 Å². The molecule has 7 nitrogen and oxygen atoms in total. The van der Waals surface area contributed by atoms with Crippen LogP contribution in [0.2, 0.25) is 5.02 Å². The zero-order valence-corrected chi connectivity index (χ0v) is 26.3. The van der Waals surface area contributed by atoms with Crippen molar-refractivity contribution in [2.24, 2.45) is 0 Å². The number of nitrogens with zero attached hydrogens (tertiary/aromatic N) is 2. The smallest absolute Gasteiger partial charge is 0.264 e. The quantitative estimate of drug-likeness (QED) is 0.271. The van der Waals surface area contributed by atoms with E-state index in [-0.39, 0.29) is 29.3 Å². The molecule has 224 valence electrons. The Morgan fingerprint density at radius 1 is 0.905 bits per heavy atom. The molecular formula is C33H40ClN3O4S. The molecule has 1 saturated carbocycles. The van der Waals surface area contributed by atoms with Gasteiger partial charge in [-0.1, -0.05) is 80.3 Å². The van der Waals surface area contributed by atoms with Crippen LogP contribution in [0.15, 0.2) is 77.7 Å². The number of benzene rings is 3. The molecule has 4 rings (SSSR count). The normalized spacial score (nSPS) is 14.5. The summed E-state index contributed by atoms with van der Waals surface area (Å²) in [6, 6.07) is 20.1. The Morgan fingerprint density at radius 2 is 1.50 bits per heavy atom. The highest BCUT2D eigenvalue weighted by molar-refractivity contribution is 7.92. The van der Waals surface area contributed by atoms with Crippen LogP contribution in [-0.4, -0.2) is 43.8 Å². The number of hydrogen-bond donors (Lipinski definition) is 1. The highest BCUT2D eigenvalue weighted by Gasteiger charge is 2.33. The summed E-state index contributed by atoms with van der Waals surface area (Å²) >= 11 is 6.09. The summed E-state index contributed by atoms with van der Waals surface area (Å²) in [6.45, 7) is 7.35. The van der Waals surface area contributed by atoms with E-state index in [2.05, 4.69) is 19.2 Å². The SMILES string of the molecule is Cc1ccc(S(=O)(=O)N(CC(=O)N(Cc2ccc(Cl)cc2)C(C)C(=O)NC2CCCC2)c2ccc(C(C)C)cc2)cc1. The molecule has 0 aromatic heterocycles. The van der Waals surface area contributed by atoms with Gasteiger partial charge in [0.1, 0.15) is 12.6 Å². The third-order valence-corrected chi connectivity index (χ3v) is 9.91. The summed E-state index contributed by atoms with van der Waals surface area (Å²) in [5.74, 6) is -0.474. The lowest BCUT2D eigenvalue weighted by atomic mass is 10.0. The number of rotatable bonds is 11. The van der Waals surface area contributed by atoms with Gasteiger partial charge >= 0.3 is 0 Å². The maximum absolute atomic E-state index is 14.1. The first-order valence-corrected chi connectivity index (χ1v) is 16.3. The molecule has 0 bridgehead atoms. The average molecular weight is 610 g/mol. The Bertz CT molecular complexity index is 1470. The second kappa shape index (κ2) is 13.7. The molecular weight excluding hydrogens is 570 g/mol. The maximum Gasteiger partial charge on any atom is 0.264 e. The first kappa shape index (κ1) is 31.6. The van der Waals surface area contributed by atoms with E-state index in [4.69, 9.17) is 11.6 Å². The van der Waals surface area contributed by atoms with Gasteiger partial charge in [0.15, 0.2) is 0 Å². The van der Waals surface area contributed by atoms with Gasteiger partial charge in [-0.05, 0) is 80.1 Å². The van der Waals surface area contributed by atoms with Crippen molar-refractivity contribution in [1.29, 1.82) is 0 Å². The number of carbonyl (C=O) groups excluding carboxylic acids is 2. The van der Waals surface area contributed by atoms with Crippen LogP contribution in [0, 0.1) is 6.92 Å². The lowest BCUT2D eigenvalue weighted by Crippen LogP contribution is -2.52. The Kier molecular flexibility index (Phi) is 10.3. The summed E-state index contributed by atoms with van der Waals surface area (Å²) in [5.41, 5.74) is 3.14. The van der Waals surface area contributed by atoms with E-state index >= 15 is 0 Å². The predicted molar refractivity (Wildman–Crippen MR) is 168 cm³/mol. The summed E-state index contributed by atoms with van der Waals surface area (Å²) in [7, 11) is -4.11. The van der Waals surface area contributed by atoms with Gasteiger partial charge in [0.25, 0.3) is 10.0 Å². The predicted octanol–water partition coefficient (Wildman–Crippen LogP) is 6.44. The summed E-state index contributed by atoms with van der Waals surface area (Å²) in [6.07, 6.45) is 3.96. The Balaban J connectivity index is 1.69. The van der Waals surface area contributed by atoms with E-state index in [1.165, 1.54) is 4.90 Å². The Labute approximate surface area is 254 Å². The van der Waals surface area contributed by atoms with Gasteiger partial charge in [0, 0.05) is 17.6 Å². The van der Waals surface area contributed by atoms with Gasteiger partial charge in [-0.15, -0.1) is 0 Å². The molecule has 1 aliphatic rings. The molecule has 1 unspecified atom stereocenters. The summed E-state index contributed by atoms with van der Waals surface area (Å²) in [5, 5.41) is 3.65. The molecule has 1 N–H and O–H groups in total. The van der Waals surface area contributed by atoms with Crippen molar-refractivity contribution in [3.05, 3.63) is 94.5 Å². The lowest BCUT2D eigenvalue weighted by molar-refractivity contribution is -0.139. The van der Waals surface area contributed by atoms with Gasteiger partial charge in [-0.3, -0.25) is 13.9 Å². The molecule has 0 saturated heterocycles. The molecule has 0 spiro atoms.